The quantitative estimate of drug-likeness (QED) is 0.899. The maximum Gasteiger partial charge on any atom is 0.248 e. The second kappa shape index (κ2) is 8.02. The minimum Gasteiger partial charge on any atom is -0.375 e. The van der Waals surface area contributed by atoms with Crippen LogP contribution in [0.15, 0.2) is 30.6 Å². The van der Waals surface area contributed by atoms with Gasteiger partial charge in [-0.05, 0) is 31.9 Å². The zero-order chi connectivity index (χ0) is 17.6. The lowest BCUT2D eigenvalue weighted by Gasteiger charge is -2.32. The van der Waals surface area contributed by atoms with Gasteiger partial charge in [-0.25, -0.2) is 9.97 Å². The minimum atomic E-state index is 0.0263. The molecule has 2 aromatic rings. The van der Waals surface area contributed by atoms with Gasteiger partial charge in [0.05, 0.1) is 11.9 Å². The molecule has 7 heteroatoms. The Balaban J connectivity index is 1.71. The molecule has 1 saturated heterocycles. The van der Waals surface area contributed by atoms with E-state index in [9.17, 15) is 4.79 Å². The van der Waals surface area contributed by atoms with Crippen LogP contribution >= 0.6 is 0 Å². The van der Waals surface area contributed by atoms with Gasteiger partial charge < -0.3 is 15.0 Å². The molecular weight excluding hydrogens is 318 g/mol. The summed E-state index contributed by atoms with van der Waals surface area (Å²) in [6, 6.07) is 5.79. The Bertz CT molecular complexity index is 737. The van der Waals surface area contributed by atoms with Crippen molar-refractivity contribution in [1.82, 2.24) is 19.9 Å². The number of anilines is 2. The molecule has 1 aliphatic heterocycles. The first-order valence-electron chi connectivity index (χ1n) is 8.45. The second-order valence-corrected chi connectivity index (χ2v) is 6.23. The molecule has 0 unspecified atom stereocenters. The number of likely N-dealkylation sites (tertiary alicyclic amines) is 1. The topological polar surface area (TPSA) is 80.2 Å². The SMILES string of the molecule is COCC(=O)N1CCC[C@@H](c2cncc(Nc3cccc(C)n3)n2)C1. The van der Waals surface area contributed by atoms with Crippen molar-refractivity contribution in [3.8, 4) is 0 Å². The fourth-order valence-electron chi connectivity index (χ4n) is 3.04. The summed E-state index contributed by atoms with van der Waals surface area (Å²) in [4.78, 5) is 27.3. The molecule has 1 atom stereocenters. The third-order valence-corrected chi connectivity index (χ3v) is 4.26. The molecule has 0 spiro atoms. The third kappa shape index (κ3) is 4.51. The zero-order valence-electron chi connectivity index (χ0n) is 14.6. The smallest absolute Gasteiger partial charge is 0.248 e. The van der Waals surface area contributed by atoms with Crippen molar-refractivity contribution in [3.05, 3.63) is 42.0 Å². The van der Waals surface area contributed by atoms with E-state index in [-0.39, 0.29) is 18.4 Å². The number of carbonyl (C=O) groups excluding carboxylic acids is 1. The maximum atomic E-state index is 12.1. The van der Waals surface area contributed by atoms with E-state index < -0.39 is 0 Å². The van der Waals surface area contributed by atoms with E-state index in [4.69, 9.17) is 4.74 Å². The van der Waals surface area contributed by atoms with Crippen LogP contribution < -0.4 is 5.32 Å². The predicted octanol–water partition coefficient (Wildman–Crippen LogP) is 2.28. The van der Waals surface area contributed by atoms with Crippen molar-refractivity contribution in [1.29, 1.82) is 0 Å². The lowest BCUT2D eigenvalue weighted by Crippen LogP contribution is -2.41. The number of hydrogen-bond acceptors (Lipinski definition) is 6. The lowest BCUT2D eigenvalue weighted by molar-refractivity contribution is -0.136. The van der Waals surface area contributed by atoms with Crippen molar-refractivity contribution in [2.45, 2.75) is 25.7 Å². The molecule has 1 aliphatic rings. The Morgan fingerprint density at radius 2 is 2.20 bits per heavy atom. The van der Waals surface area contributed by atoms with Crippen LogP contribution in [0.3, 0.4) is 0 Å². The van der Waals surface area contributed by atoms with Crippen LogP contribution in [-0.2, 0) is 9.53 Å². The standard InChI is InChI=1S/C18H23N5O2/c1-13-5-3-7-16(20-13)22-17-10-19-9-15(21-17)14-6-4-8-23(11-14)18(24)12-25-2/h3,5,7,9-10,14H,4,6,8,11-12H2,1-2H3,(H,20,21,22)/t14-/m1/s1. The van der Waals surface area contributed by atoms with Gasteiger partial charge in [-0.2, -0.15) is 0 Å². The number of aromatic nitrogens is 3. The molecule has 0 aliphatic carbocycles. The highest BCUT2D eigenvalue weighted by molar-refractivity contribution is 5.77. The van der Waals surface area contributed by atoms with Gasteiger partial charge in [-0.1, -0.05) is 6.07 Å². The van der Waals surface area contributed by atoms with Crippen LogP contribution in [0.1, 0.15) is 30.1 Å². The number of hydrogen-bond donors (Lipinski definition) is 1. The van der Waals surface area contributed by atoms with Gasteiger partial charge in [-0.15, -0.1) is 0 Å². The van der Waals surface area contributed by atoms with E-state index in [0.717, 1.165) is 36.6 Å². The number of pyridine rings is 1. The molecule has 3 heterocycles. The Morgan fingerprint density at radius 3 is 3.00 bits per heavy atom. The van der Waals surface area contributed by atoms with Crippen LogP contribution in [0.4, 0.5) is 11.6 Å². The number of rotatable bonds is 5. The summed E-state index contributed by atoms with van der Waals surface area (Å²) in [7, 11) is 1.54. The molecule has 1 N–H and O–H groups in total. The third-order valence-electron chi connectivity index (χ3n) is 4.26. The Morgan fingerprint density at radius 1 is 1.32 bits per heavy atom. The number of piperidine rings is 1. The van der Waals surface area contributed by atoms with Crippen molar-refractivity contribution in [2.75, 3.05) is 32.1 Å². The van der Waals surface area contributed by atoms with Crippen molar-refractivity contribution >= 4 is 17.5 Å². The summed E-state index contributed by atoms with van der Waals surface area (Å²) in [5, 5.41) is 3.19. The van der Waals surface area contributed by atoms with Crippen molar-refractivity contribution in [3.63, 3.8) is 0 Å². The van der Waals surface area contributed by atoms with Gasteiger partial charge >= 0.3 is 0 Å². The number of carbonyl (C=O) groups is 1. The number of nitrogens with zero attached hydrogens (tertiary/aromatic N) is 4. The number of aryl methyl sites for hydroxylation is 1. The van der Waals surface area contributed by atoms with E-state index in [1.807, 2.05) is 30.0 Å². The molecule has 0 radical (unpaired) electrons. The van der Waals surface area contributed by atoms with Gasteiger partial charge in [0.1, 0.15) is 18.2 Å². The molecule has 3 rings (SSSR count). The Labute approximate surface area is 147 Å². The fourth-order valence-corrected chi connectivity index (χ4v) is 3.04. The van der Waals surface area contributed by atoms with E-state index >= 15 is 0 Å². The molecule has 7 nitrogen and oxygen atoms in total. The van der Waals surface area contributed by atoms with Gasteiger partial charge in [0.15, 0.2) is 0 Å². The maximum absolute atomic E-state index is 12.1. The molecule has 0 aromatic carbocycles. The highest BCUT2D eigenvalue weighted by atomic mass is 16.5. The summed E-state index contributed by atoms with van der Waals surface area (Å²) in [5.41, 5.74) is 1.83. The Hall–Kier alpha value is -2.54. The number of nitrogens with one attached hydrogen (secondary N) is 1. The van der Waals surface area contributed by atoms with Gasteiger partial charge in [0.2, 0.25) is 5.91 Å². The fraction of sp³-hybridized carbons (Fsp3) is 0.444. The van der Waals surface area contributed by atoms with E-state index in [1.165, 1.54) is 0 Å². The van der Waals surface area contributed by atoms with Gasteiger partial charge in [0.25, 0.3) is 0 Å². The highest BCUT2D eigenvalue weighted by Crippen LogP contribution is 2.26. The van der Waals surface area contributed by atoms with E-state index in [1.54, 1.807) is 19.5 Å². The summed E-state index contributed by atoms with van der Waals surface area (Å²) in [5.74, 6) is 1.62. The highest BCUT2D eigenvalue weighted by Gasteiger charge is 2.25. The molecule has 0 saturated carbocycles. The predicted molar refractivity (Wildman–Crippen MR) is 94.7 cm³/mol. The molecule has 1 amide bonds. The van der Waals surface area contributed by atoms with E-state index in [0.29, 0.717) is 12.4 Å². The van der Waals surface area contributed by atoms with Crippen LogP contribution in [-0.4, -0.2) is 52.6 Å². The van der Waals surface area contributed by atoms with Gasteiger partial charge in [0, 0.05) is 38.0 Å². The van der Waals surface area contributed by atoms with Gasteiger partial charge in [-0.3, -0.25) is 9.78 Å². The van der Waals surface area contributed by atoms with Crippen LogP contribution in [0, 0.1) is 6.92 Å². The van der Waals surface area contributed by atoms with Crippen LogP contribution in [0.5, 0.6) is 0 Å². The summed E-state index contributed by atoms with van der Waals surface area (Å²) in [6.07, 6.45) is 5.42. The number of ether oxygens (including phenoxy) is 1. The number of amides is 1. The average molecular weight is 341 g/mol. The summed E-state index contributed by atoms with van der Waals surface area (Å²) in [6.45, 7) is 3.50. The molecule has 1 fully saturated rings. The van der Waals surface area contributed by atoms with Crippen molar-refractivity contribution < 1.29 is 9.53 Å². The first-order chi connectivity index (χ1) is 12.2. The van der Waals surface area contributed by atoms with Crippen LogP contribution in [0.25, 0.3) is 0 Å². The average Bonchev–Trinajstić information content (AvgIpc) is 2.62. The van der Waals surface area contributed by atoms with Crippen molar-refractivity contribution in [2.24, 2.45) is 0 Å². The van der Waals surface area contributed by atoms with Crippen LogP contribution in [0.2, 0.25) is 0 Å². The molecule has 25 heavy (non-hydrogen) atoms. The zero-order valence-corrected chi connectivity index (χ0v) is 14.6. The first-order valence-corrected chi connectivity index (χ1v) is 8.45. The Kier molecular flexibility index (Phi) is 5.55. The largest absolute Gasteiger partial charge is 0.375 e. The van der Waals surface area contributed by atoms with E-state index in [2.05, 4.69) is 20.3 Å². The summed E-state index contributed by atoms with van der Waals surface area (Å²) < 4.78 is 4.96. The molecule has 2 aromatic heterocycles. The summed E-state index contributed by atoms with van der Waals surface area (Å²) >= 11 is 0. The normalized spacial score (nSPS) is 17.4. The minimum absolute atomic E-state index is 0.0263. The molecule has 132 valence electrons. The first kappa shape index (κ1) is 17.3. The lowest BCUT2D eigenvalue weighted by atomic mass is 9.95. The molecular formula is C18H23N5O2. The monoisotopic (exact) mass is 341 g/mol. The molecule has 0 bridgehead atoms. The second-order valence-electron chi connectivity index (χ2n) is 6.23. The number of methoxy groups -OCH3 is 1.